The van der Waals surface area contributed by atoms with Gasteiger partial charge in [0.15, 0.2) is 0 Å². The predicted octanol–water partition coefficient (Wildman–Crippen LogP) is 0.529. The third-order valence-corrected chi connectivity index (χ3v) is 1.92. The van der Waals surface area contributed by atoms with Gasteiger partial charge in [-0.15, -0.1) is 0 Å². The predicted molar refractivity (Wildman–Crippen MR) is 44.1 cm³/mol. The zero-order valence-electron chi connectivity index (χ0n) is 7.42. The summed E-state index contributed by atoms with van der Waals surface area (Å²) in [7, 11) is 0. The van der Waals surface area contributed by atoms with E-state index in [0.717, 1.165) is 6.42 Å². The molecule has 11 heavy (non-hydrogen) atoms. The first-order valence-corrected chi connectivity index (χ1v) is 3.99. The number of hydrogen-bond acceptors (Lipinski definition) is 2. The van der Waals surface area contributed by atoms with E-state index in [9.17, 15) is 4.79 Å². The molecule has 0 rings (SSSR count). The number of hydrogen-bond donors (Lipinski definition) is 2. The largest absolute Gasteiger partial charge is 0.394 e. The summed E-state index contributed by atoms with van der Waals surface area (Å²) in [6.07, 6.45) is 0.964. The SMILES string of the molecule is CCC(C)C(CO)NC(C)=O. The van der Waals surface area contributed by atoms with Crippen LogP contribution in [0.25, 0.3) is 0 Å². The van der Waals surface area contributed by atoms with Crippen molar-refractivity contribution in [3.63, 3.8) is 0 Å². The topological polar surface area (TPSA) is 49.3 Å². The standard InChI is InChI=1S/C8H17NO2/c1-4-6(2)8(5-10)9-7(3)11/h6,8,10H,4-5H2,1-3H3,(H,9,11). The fraction of sp³-hybridized carbons (Fsp3) is 0.875. The van der Waals surface area contributed by atoms with Crippen LogP contribution in [0.1, 0.15) is 27.2 Å². The minimum absolute atomic E-state index is 0.0224. The Kier molecular flexibility index (Phi) is 4.86. The average Bonchev–Trinajstić information content (AvgIpc) is 1.98. The summed E-state index contributed by atoms with van der Waals surface area (Å²) in [4.78, 5) is 10.6. The lowest BCUT2D eigenvalue weighted by molar-refractivity contribution is -0.120. The second kappa shape index (κ2) is 5.13. The molecule has 0 aromatic carbocycles. The third kappa shape index (κ3) is 3.98. The van der Waals surface area contributed by atoms with E-state index in [1.165, 1.54) is 6.92 Å². The summed E-state index contributed by atoms with van der Waals surface area (Å²) >= 11 is 0. The highest BCUT2D eigenvalue weighted by Crippen LogP contribution is 2.06. The Morgan fingerprint density at radius 3 is 2.45 bits per heavy atom. The molecule has 0 saturated carbocycles. The van der Waals surface area contributed by atoms with E-state index >= 15 is 0 Å². The molecule has 0 aliphatic carbocycles. The van der Waals surface area contributed by atoms with Gasteiger partial charge in [-0.3, -0.25) is 4.79 Å². The van der Waals surface area contributed by atoms with Crippen molar-refractivity contribution in [2.45, 2.75) is 33.2 Å². The van der Waals surface area contributed by atoms with Gasteiger partial charge in [0.05, 0.1) is 12.6 Å². The second-order valence-electron chi connectivity index (χ2n) is 2.88. The summed E-state index contributed by atoms with van der Waals surface area (Å²) in [6, 6.07) is -0.0856. The van der Waals surface area contributed by atoms with Crippen LogP contribution >= 0.6 is 0 Å². The van der Waals surface area contributed by atoms with Crippen LogP contribution in [0.4, 0.5) is 0 Å². The number of aliphatic hydroxyl groups excluding tert-OH is 1. The van der Waals surface area contributed by atoms with Crippen molar-refractivity contribution in [2.24, 2.45) is 5.92 Å². The molecule has 3 heteroatoms. The smallest absolute Gasteiger partial charge is 0.217 e. The molecule has 66 valence electrons. The van der Waals surface area contributed by atoms with Crippen LogP contribution in [-0.2, 0) is 4.79 Å². The first kappa shape index (κ1) is 10.4. The molecule has 0 saturated heterocycles. The molecule has 0 aliphatic heterocycles. The Hall–Kier alpha value is -0.570. The number of carbonyl (C=O) groups excluding carboxylic acids is 1. The summed E-state index contributed by atoms with van der Waals surface area (Å²) in [6.45, 7) is 5.53. The molecule has 0 aromatic heterocycles. The van der Waals surface area contributed by atoms with E-state index in [1.54, 1.807) is 0 Å². The van der Waals surface area contributed by atoms with Gasteiger partial charge in [0.2, 0.25) is 5.91 Å². The molecule has 0 fully saturated rings. The second-order valence-corrected chi connectivity index (χ2v) is 2.88. The van der Waals surface area contributed by atoms with Crippen LogP contribution in [0.5, 0.6) is 0 Å². The van der Waals surface area contributed by atoms with Crippen LogP contribution in [0.3, 0.4) is 0 Å². The van der Waals surface area contributed by atoms with Crippen molar-refractivity contribution in [3.8, 4) is 0 Å². The fourth-order valence-electron chi connectivity index (χ4n) is 0.913. The molecule has 0 aliphatic rings. The molecule has 1 amide bonds. The van der Waals surface area contributed by atoms with E-state index in [-0.39, 0.29) is 18.6 Å². The Bertz CT molecular complexity index is 125. The van der Waals surface area contributed by atoms with Crippen LogP contribution in [0.2, 0.25) is 0 Å². The monoisotopic (exact) mass is 159 g/mol. The maximum absolute atomic E-state index is 10.6. The maximum Gasteiger partial charge on any atom is 0.217 e. The van der Waals surface area contributed by atoms with Gasteiger partial charge in [0.25, 0.3) is 0 Å². The molecule has 2 atom stereocenters. The summed E-state index contributed by atoms with van der Waals surface area (Å²) in [5.41, 5.74) is 0. The number of aliphatic hydroxyl groups is 1. The van der Waals surface area contributed by atoms with Crippen LogP contribution in [-0.4, -0.2) is 23.7 Å². The highest BCUT2D eigenvalue weighted by molar-refractivity contribution is 5.73. The third-order valence-electron chi connectivity index (χ3n) is 1.92. The Morgan fingerprint density at radius 2 is 2.18 bits per heavy atom. The van der Waals surface area contributed by atoms with E-state index in [4.69, 9.17) is 5.11 Å². The van der Waals surface area contributed by atoms with Gasteiger partial charge in [-0.05, 0) is 5.92 Å². The van der Waals surface area contributed by atoms with Crippen LogP contribution < -0.4 is 5.32 Å². The van der Waals surface area contributed by atoms with Crippen molar-refractivity contribution in [1.82, 2.24) is 5.32 Å². The molecule has 2 N–H and O–H groups in total. The number of nitrogens with one attached hydrogen (secondary N) is 1. The molecule has 3 nitrogen and oxygen atoms in total. The van der Waals surface area contributed by atoms with E-state index in [2.05, 4.69) is 5.32 Å². The molecule has 0 spiro atoms. The number of amides is 1. The van der Waals surface area contributed by atoms with Crippen molar-refractivity contribution in [3.05, 3.63) is 0 Å². The number of carbonyl (C=O) groups is 1. The van der Waals surface area contributed by atoms with Gasteiger partial charge < -0.3 is 10.4 Å². The van der Waals surface area contributed by atoms with Crippen LogP contribution in [0, 0.1) is 5.92 Å². The first-order chi connectivity index (χ1) is 5.11. The highest BCUT2D eigenvalue weighted by Gasteiger charge is 2.14. The van der Waals surface area contributed by atoms with Crippen molar-refractivity contribution < 1.29 is 9.90 Å². The molecule has 0 radical (unpaired) electrons. The minimum atomic E-state index is -0.0856. The summed E-state index contributed by atoms with van der Waals surface area (Å²) < 4.78 is 0. The van der Waals surface area contributed by atoms with Gasteiger partial charge in [0, 0.05) is 6.92 Å². The molecule has 2 unspecified atom stereocenters. The van der Waals surface area contributed by atoms with E-state index in [0.29, 0.717) is 5.92 Å². The molecular formula is C8H17NO2. The lowest BCUT2D eigenvalue weighted by atomic mass is 10.00. The van der Waals surface area contributed by atoms with Crippen molar-refractivity contribution in [2.75, 3.05) is 6.61 Å². The Labute approximate surface area is 67.8 Å². The van der Waals surface area contributed by atoms with Gasteiger partial charge in [-0.1, -0.05) is 20.3 Å². The Morgan fingerprint density at radius 1 is 1.64 bits per heavy atom. The van der Waals surface area contributed by atoms with E-state index in [1.807, 2.05) is 13.8 Å². The molecule has 0 aromatic rings. The first-order valence-electron chi connectivity index (χ1n) is 3.99. The van der Waals surface area contributed by atoms with Gasteiger partial charge in [-0.25, -0.2) is 0 Å². The zero-order valence-corrected chi connectivity index (χ0v) is 7.42. The average molecular weight is 159 g/mol. The molecule has 0 heterocycles. The normalized spacial score (nSPS) is 15.6. The van der Waals surface area contributed by atoms with Gasteiger partial charge in [-0.2, -0.15) is 0 Å². The molecule has 0 bridgehead atoms. The van der Waals surface area contributed by atoms with Crippen molar-refractivity contribution in [1.29, 1.82) is 0 Å². The van der Waals surface area contributed by atoms with Crippen molar-refractivity contribution >= 4 is 5.91 Å². The number of rotatable bonds is 4. The van der Waals surface area contributed by atoms with Crippen LogP contribution in [0.15, 0.2) is 0 Å². The maximum atomic E-state index is 10.6. The minimum Gasteiger partial charge on any atom is -0.394 e. The molecular weight excluding hydrogens is 142 g/mol. The summed E-state index contributed by atoms with van der Waals surface area (Å²) in [5.74, 6) is 0.258. The Balaban J connectivity index is 3.84. The fourth-order valence-corrected chi connectivity index (χ4v) is 0.913. The summed E-state index contributed by atoms with van der Waals surface area (Å²) in [5, 5.41) is 11.6. The van der Waals surface area contributed by atoms with Gasteiger partial charge in [0.1, 0.15) is 0 Å². The zero-order chi connectivity index (χ0) is 8.85. The quantitative estimate of drug-likeness (QED) is 0.628. The lowest BCUT2D eigenvalue weighted by Crippen LogP contribution is -2.40. The lowest BCUT2D eigenvalue weighted by Gasteiger charge is -2.20. The highest BCUT2D eigenvalue weighted by atomic mass is 16.3. The van der Waals surface area contributed by atoms with E-state index < -0.39 is 0 Å². The van der Waals surface area contributed by atoms with Gasteiger partial charge >= 0.3 is 0 Å².